The van der Waals surface area contributed by atoms with Gasteiger partial charge in [-0.15, -0.1) is 16.4 Å². The highest BCUT2D eigenvalue weighted by Crippen LogP contribution is 2.31. The monoisotopic (exact) mass is 391 g/mol. The SMILES string of the molecule is COc1ccc2c(c1)CN(C(=O)c1cc(-c3ccc4nc(N)nn4c3)cs1)C2. The molecule has 1 aliphatic rings. The summed E-state index contributed by atoms with van der Waals surface area (Å²) >= 11 is 1.45. The summed E-state index contributed by atoms with van der Waals surface area (Å²) in [6.45, 7) is 1.22. The number of ether oxygens (including phenoxy) is 1. The number of methoxy groups -OCH3 is 1. The van der Waals surface area contributed by atoms with E-state index in [-0.39, 0.29) is 11.9 Å². The lowest BCUT2D eigenvalue weighted by Gasteiger charge is -2.13. The molecule has 0 atom stereocenters. The molecule has 7 nitrogen and oxygen atoms in total. The van der Waals surface area contributed by atoms with Gasteiger partial charge in [0, 0.05) is 24.8 Å². The fourth-order valence-corrected chi connectivity index (χ4v) is 4.35. The van der Waals surface area contributed by atoms with Crippen LogP contribution in [-0.2, 0) is 13.1 Å². The van der Waals surface area contributed by atoms with Crippen molar-refractivity contribution >= 4 is 28.8 Å². The Hall–Kier alpha value is -3.39. The maximum Gasteiger partial charge on any atom is 0.264 e. The maximum absolute atomic E-state index is 13.0. The smallest absolute Gasteiger partial charge is 0.264 e. The number of pyridine rings is 1. The highest BCUT2D eigenvalue weighted by molar-refractivity contribution is 7.12. The van der Waals surface area contributed by atoms with Gasteiger partial charge in [0.1, 0.15) is 5.75 Å². The zero-order valence-corrected chi connectivity index (χ0v) is 15.9. The third kappa shape index (κ3) is 2.78. The summed E-state index contributed by atoms with van der Waals surface area (Å²) in [6, 6.07) is 11.7. The minimum absolute atomic E-state index is 0.0393. The number of aromatic nitrogens is 3. The standard InChI is InChI=1S/C20H17N5O2S/c1-27-16-4-2-12-8-24(9-14(12)6-16)19(26)17-7-15(11-28-17)13-3-5-18-22-20(21)23-25(18)10-13/h2-7,10-11H,8-9H2,1H3,(H2,21,23). The number of carbonyl (C=O) groups is 1. The van der Waals surface area contributed by atoms with Crippen molar-refractivity contribution < 1.29 is 9.53 Å². The number of nitrogens with two attached hydrogens (primary N) is 1. The van der Waals surface area contributed by atoms with E-state index >= 15 is 0 Å². The number of anilines is 1. The summed E-state index contributed by atoms with van der Waals surface area (Å²) in [5.74, 6) is 1.09. The van der Waals surface area contributed by atoms with Crippen molar-refractivity contribution in [2.45, 2.75) is 13.1 Å². The molecule has 5 rings (SSSR count). The number of nitrogen functional groups attached to an aromatic ring is 1. The Labute approximate surface area is 165 Å². The number of fused-ring (bicyclic) bond motifs is 2. The van der Waals surface area contributed by atoms with E-state index in [0.29, 0.717) is 23.6 Å². The van der Waals surface area contributed by atoms with E-state index in [1.54, 1.807) is 11.6 Å². The van der Waals surface area contributed by atoms with Crippen LogP contribution in [0.25, 0.3) is 16.8 Å². The highest BCUT2D eigenvalue weighted by Gasteiger charge is 2.25. The van der Waals surface area contributed by atoms with E-state index in [0.717, 1.165) is 22.4 Å². The Morgan fingerprint density at radius 3 is 2.86 bits per heavy atom. The lowest BCUT2D eigenvalue weighted by Crippen LogP contribution is -2.24. The molecule has 0 saturated carbocycles. The van der Waals surface area contributed by atoms with Crippen LogP contribution in [0.1, 0.15) is 20.8 Å². The highest BCUT2D eigenvalue weighted by atomic mass is 32.1. The van der Waals surface area contributed by atoms with E-state index in [9.17, 15) is 4.79 Å². The number of carbonyl (C=O) groups excluding carboxylic acids is 1. The molecule has 0 spiro atoms. The fourth-order valence-electron chi connectivity index (χ4n) is 3.47. The molecule has 8 heteroatoms. The van der Waals surface area contributed by atoms with Gasteiger partial charge < -0.3 is 15.4 Å². The van der Waals surface area contributed by atoms with Gasteiger partial charge in [-0.3, -0.25) is 4.79 Å². The first-order valence-corrected chi connectivity index (χ1v) is 9.64. The van der Waals surface area contributed by atoms with Gasteiger partial charge in [-0.25, -0.2) is 4.52 Å². The van der Waals surface area contributed by atoms with E-state index in [1.807, 2.05) is 52.9 Å². The van der Waals surface area contributed by atoms with Crippen LogP contribution in [0.2, 0.25) is 0 Å². The second kappa shape index (κ2) is 6.35. The summed E-state index contributed by atoms with van der Waals surface area (Å²) in [5.41, 5.74) is 10.6. The van der Waals surface area contributed by atoms with Gasteiger partial charge >= 0.3 is 0 Å². The average Bonchev–Trinajstić information content (AvgIpc) is 3.42. The molecule has 28 heavy (non-hydrogen) atoms. The number of hydrogen-bond acceptors (Lipinski definition) is 6. The van der Waals surface area contributed by atoms with Crippen molar-refractivity contribution in [3.63, 3.8) is 0 Å². The number of hydrogen-bond donors (Lipinski definition) is 1. The lowest BCUT2D eigenvalue weighted by atomic mass is 10.1. The van der Waals surface area contributed by atoms with Crippen LogP contribution < -0.4 is 10.5 Å². The third-order valence-corrected chi connectivity index (χ3v) is 5.83. The maximum atomic E-state index is 13.0. The van der Waals surface area contributed by atoms with Gasteiger partial charge in [0.15, 0.2) is 5.65 Å². The summed E-state index contributed by atoms with van der Waals surface area (Å²) in [4.78, 5) is 19.7. The lowest BCUT2D eigenvalue weighted by molar-refractivity contribution is 0.0756. The molecule has 0 aliphatic carbocycles. The van der Waals surface area contributed by atoms with Crippen LogP contribution in [0, 0.1) is 0 Å². The van der Waals surface area contributed by atoms with Gasteiger partial charge in [0.2, 0.25) is 5.95 Å². The predicted molar refractivity (Wildman–Crippen MR) is 107 cm³/mol. The van der Waals surface area contributed by atoms with Gasteiger partial charge in [-0.05, 0) is 52.4 Å². The third-order valence-electron chi connectivity index (χ3n) is 4.91. The van der Waals surface area contributed by atoms with Crippen LogP contribution >= 0.6 is 11.3 Å². The van der Waals surface area contributed by atoms with Crippen molar-refractivity contribution in [2.75, 3.05) is 12.8 Å². The van der Waals surface area contributed by atoms with E-state index in [2.05, 4.69) is 10.1 Å². The molecule has 0 saturated heterocycles. The minimum atomic E-state index is 0.0393. The van der Waals surface area contributed by atoms with E-state index in [1.165, 1.54) is 16.9 Å². The number of nitrogens with zero attached hydrogens (tertiary/aromatic N) is 4. The molecule has 3 aromatic heterocycles. The summed E-state index contributed by atoms with van der Waals surface area (Å²) < 4.78 is 6.93. The predicted octanol–water partition coefficient (Wildman–Crippen LogP) is 3.20. The first kappa shape index (κ1) is 16.8. The first-order chi connectivity index (χ1) is 13.6. The topological polar surface area (TPSA) is 85.8 Å². The average molecular weight is 391 g/mol. The van der Waals surface area contributed by atoms with E-state index < -0.39 is 0 Å². The molecule has 0 unspecified atom stereocenters. The number of thiophene rings is 1. The van der Waals surface area contributed by atoms with Crippen molar-refractivity contribution in [2.24, 2.45) is 0 Å². The molecular formula is C20H17N5O2S. The Balaban J connectivity index is 1.39. The Bertz CT molecular complexity index is 1210. The second-order valence-corrected chi connectivity index (χ2v) is 7.60. The zero-order valence-electron chi connectivity index (χ0n) is 15.1. The molecule has 4 aromatic rings. The Morgan fingerprint density at radius 2 is 2.00 bits per heavy atom. The second-order valence-electron chi connectivity index (χ2n) is 6.69. The number of benzene rings is 1. The molecular weight excluding hydrogens is 374 g/mol. The van der Waals surface area contributed by atoms with E-state index in [4.69, 9.17) is 10.5 Å². The van der Waals surface area contributed by atoms with Gasteiger partial charge in [-0.2, -0.15) is 4.98 Å². The molecule has 0 fully saturated rings. The minimum Gasteiger partial charge on any atom is -0.497 e. The van der Waals surface area contributed by atoms with Crippen molar-refractivity contribution in [3.8, 4) is 16.9 Å². The molecule has 1 aromatic carbocycles. The quantitative estimate of drug-likeness (QED) is 0.580. The molecule has 0 bridgehead atoms. The normalized spacial score (nSPS) is 13.1. The van der Waals surface area contributed by atoms with Gasteiger partial charge in [0.25, 0.3) is 5.91 Å². The Kier molecular flexibility index (Phi) is 3.80. The number of rotatable bonds is 3. The van der Waals surface area contributed by atoms with Crippen LogP contribution in [0.15, 0.2) is 48.0 Å². The first-order valence-electron chi connectivity index (χ1n) is 8.76. The van der Waals surface area contributed by atoms with Crippen LogP contribution in [0.4, 0.5) is 5.95 Å². The summed E-state index contributed by atoms with van der Waals surface area (Å²) in [6.07, 6.45) is 1.87. The van der Waals surface area contributed by atoms with Crippen LogP contribution in [0.3, 0.4) is 0 Å². The zero-order chi connectivity index (χ0) is 19.3. The molecule has 4 heterocycles. The Morgan fingerprint density at radius 1 is 1.14 bits per heavy atom. The fraction of sp³-hybridized carbons (Fsp3) is 0.150. The molecule has 1 amide bonds. The van der Waals surface area contributed by atoms with Crippen LogP contribution in [-0.4, -0.2) is 32.5 Å². The largest absolute Gasteiger partial charge is 0.497 e. The number of amides is 1. The summed E-state index contributed by atoms with van der Waals surface area (Å²) in [7, 11) is 1.65. The van der Waals surface area contributed by atoms with Gasteiger partial charge in [-0.1, -0.05) is 6.07 Å². The van der Waals surface area contributed by atoms with Gasteiger partial charge in [0.05, 0.1) is 12.0 Å². The molecule has 1 aliphatic heterocycles. The van der Waals surface area contributed by atoms with Crippen molar-refractivity contribution in [1.82, 2.24) is 19.5 Å². The van der Waals surface area contributed by atoms with Crippen molar-refractivity contribution in [3.05, 3.63) is 64.0 Å². The molecule has 140 valence electrons. The van der Waals surface area contributed by atoms with Crippen LogP contribution in [0.5, 0.6) is 5.75 Å². The molecule has 0 radical (unpaired) electrons. The summed E-state index contributed by atoms with van der Waals surface area (Å²) in [5, 5.41) is 6.13. The van der Waals surface area contributed by atoms with Crippen molar-refractivity contribution in [1.29, 1.82) is 0 Å². The molecule has 2 N–H and O–H groups in total.